The van der Waals surface area contributed by atoms with Gasteiger partial charge in [0.1, 0.15) is 29.8 Å². The van der Waals surface area contributed by atoms with Crippen molar-refractivity contribution in [2.75, 3.05) is 6.61 Å². The number of aliphatic hydroxyl groups is 3. The third kappa shape index (κ3) is 3.01. The van der Waals surface area contributed by atoms with Gasteiger partial charge in [-0.3, -0.25) is 4.79 Å². The molecule has 116 valence electrons. The molecular formula is C14H18O7. The van der Waals surface area contributed by atoms with Crippen LogP contribution >= 0.6 is 0 Å². The van der Waals surface area contributed by atoms with Gasteiger partial charge in [-0.05, 0) is 25.5 Å². The largest absolute Gasteiger partial charge is 0.508 e. The van der Waals surface area contributed by atoms with E-state index < -0.39 is 31.2 Å². The van der Waals surface area contributed by atoms with Gasteiger partial charge in [0, 0.05) is 6.07 Å². The molecule has 7 nitrogen and oxygen atoms in total. The molecule has 1 aliphatic rings. The molecule has 0 aliphatic carbocycles. The van der Waals surface area contributed by atoms with Crippen molar-refractivity contribution in [2.45, 2.75) is 38.4 Å². The molecule has 2 rings (SSSR count). The zero-order chi connectivity index (χ0) is 15.7. The lowest BCUT2D eigenvalue weighted by Crippen LogP contribution is -2.35. The van der Waals surface area contributed by atoms with E-state index in [1.54, 1.807) is 6.92 Å². The van der Waals surface area contributed by atoms with Gasteiger partial charge >= 0.3 is 0 Å². The van der Waals surface area contributed by atoms with Crippen molar-refractivity contribution >= 4 is 5.78 Å². The topological polar surface area (TPSA) is 116 Å². The number of rotatable bonds is 4. The van der Waals surface area contributed by atoms with Gasteiger partial charge in [-0.15, -0.1) is 0 Å². The Balaban J connectivity index is 2.27. The quantitative estimate of drug-likeness (QED) is 0.565. The minimum Gasteiger partial charge on any atom is -0.508 e. The highest BCUT2D eigenvalue weighted by Crippen LogP contribution is 2.31. The highest BCUT2D eigenvalue weighted by atomic mass is 16.7. The summed E-state index contributed by atoms with van der Waals surface area (Å²) >= 11 is 0. The van der Waals surface area contributed by atoms with Crippen molar-refractivity contribution in [1.29, 1.82) is 0 Å². The average Bonchev–Trinajstić information content (AvgIpc) is 2.70. The Kier molecular flexibility index (Phi) is 4.48. The zero-order valence-electron chi connectivity index (χ0n) is 11.7. The molecule has 1 saturated heterocycles. The van der Waals surface area contributed by atoms with Crippen molar-refractivity contribution in [3.05, 3.63) is 23.3 Å². The van der Waals surface area contributed by atoms with Crippen LogP contribution in [-0.2, 0) is 4.74 Å². The first-order valence-corrected chi connectivity index (χ1v) is 6.48. The van der Waals surface area contributed by atoms with Crippen LogP contribution < -0.4 is 4.74 Å². The maximum atomic E-state index is 11.6. The van der Waals surface area contributed by atoms with Crippen molar-refractivity contribution in [3.8, 4) is 11.5 Å². The first-order chi connectivity index (χ1) is 9.85. The first kappa shape index (κ1) is 15.7. The van der Waals surface area contributed by atoms with Crippen LogP contribution in [0.15, 0.2) is 12.1 Å². The van der Waals surface area contributed by atoms with Crippen LogP contribution in [0.2, 0.25) is 0 Å². The highest BCUT2D eigenvalue weighted by molar-refractivity contribution is 5.97. The Morgan fingerprint density at radius 3 is 2.52 bits per heavy atom. The molecule has 4 N–H and O–H groups in total. The molecule has 0 radical (unpaired) electrons. The second kappa shape index (κ2) is 5.98. The Hall–Kier alpha value is -1.67. The third-order valence-electron chi connectivity index (χ3n) is 3.42. The molecule has 0 saturated carbocycles. The van der Waals surface area contributed by atoms with Gasteiger partial charge in [0.25, 0.3) is 0 Å². The minimum atomic E-state index is -1.37. The Morgan fingerprint density at radius 2 is 2.00 bits per heavy atom. The second-order valence-corrected chi connectivity index (χ2v) is 5.02. The molecule has 0 unspecified atom stereocenters. The van der Waals surface area contributed by atoms with E-state index >= 15 is 0 Å². The lowest BCUT2D eigenvalue weighted by molar-refractivity contribution is -0.116. The minimum absolute atomic E-state index is 0.0421. The van der Waals surface area contributed by atoms with Crippen LogP contribution in [0.25, 0.3) is 0 Å². The second-order valence-electron chi connectivity index (χ2n) is 5.02. The molecule has 1 fully saturated rings. The third-order valence-corrected chi connectivity index (χ3v) is 3.42. The number of phenols is 1. The molecule has 1 aromatic carbocycles. The summed E-state index contributed by atoms with van der Waals surface area (Å²) in [5, 5.41) is 38.2. The summed E-state index contributed by atoms with van der Waals surface area (Å²) in [6, 6.07) is 2.72. The summed E-state index contributed by atoms with van der Waals surface area (Å²) in [4.78, 5) is 11.6. The number of carbonyl (C=O) groups excluding carboxylic acids is 1. The molecule has 1 aliphatic heterocycles. The van der Waals surface area contributed by atoms with Crippen LogP contribution in [0.1, 0.15) is 22.8 Å². The number of benzene rings is 1. The maximum Gasteiger partial charge on any atom is 0.229 e. The summed E-state index contributed by atoms with van der Waals surface area (Å²) in [6.07, 6.45) is -4.87. The number of carbonyl (C=O) groups is 1. The number of Topliss-reactive ketones (excluding diaryl/α,β-unsaturated/α-hetero) is 1. The number of hydrogen-bond acceptors (Lipinski definition) is 7. The average molecular weight is 298 g/mol. The monoisotopic (exact) mass is 298 g/mol. The Labute approximate surface area is 121 Å². The number of ketones is 1. The van der Waals surface area contributed by atoms with E-state index in [-0.39, 0.29) is 22.8 Å². The molecule has 0 aromatic heterocycles. The van der Waals surface area contributed by atoms with Crippen LogP contribution in [-0.4, -0.2) is 57.4 Å². The first-order valence-electron chi connectivity index (χ1n) is 6.48. The molecule has 21 heavy (non-hydrogen) atoms. The fourth-order valence-electron chi connectivity index (χ4n) is 2.14. The summed E-state index contributed by atoms with van der Waals surface area (Å²) in [7, 11) is 0. The molecule has 1 aromatic rings. The number of phenolic OH excluding ortho intramolecular Hbond substituents is 1. The lowest BCUT2D eigenvalue weighted by atomic mass is 10.1. The van der Waals surface area contributed by atoms with Crippen molar-refractivity contribution < 1.29 is 34.7 Å². The van der Waals surface area contributed by atoms with Crippen LogP contribution in [0, 0.1) is 6.92 Å². The normalized spacial score (nSPS) is 28.6. The van der Waals surface area contributed by atoms with Gasteiger partial charge in [-0.1, -0.05) is 0 Å². The molecule has 1 heterocycles. The van der Waals surface area contributed by atoms with Crippen molar-refractivity contribution in [3.63, 3.8) is 0 Å². The highest BCUT2D eigenvalue weighted by Gasteiger charge is 2.44. The summed E-state index contributed by atoms with van der Waals surface area (Å²) in [5.74, 6) is -0.304. The molecule has 0 bridgehead atoms. The number of ether oxygens (including phenoxy) is 2. The molecule has 0 amide bonds. The molecule has 0 spiro atoms. The summed E-state index contributed by atoms with van der Waals surface area (Å²) in [5.41, 5.74) is 0.733. The predicted octanol–water partition coefficient (Wildman–Crippen LogP) is -0.279. The number of aryl methyl sites for hydroxylation is 1. The zero-order valence-corrected chi connectivity index (χ0v) is 11.7. The van der Waals surface area contributed by atoms with Crippen molar-refractivity contribution in [1.82, 2.24) is 0 Å². The van der Waals surface area contributed by atoms with E-state index in [0.29, 0.717) is 5.56 Å². The van der Waals surface area contributed by atoms with Crippen LogP contribution in [0.5, 0.6) is 11.5 Å². The van der Waals surface area contributed by atoms with E-state index in [9.17, 15) is 20.1 Å². The molecular weight excluding hydrogens is 280 g/mol. The number of hydrogen-bond donors (Lipinski definition) is 4. The van der Waals surface area contributed by atoms with Gasteiger partial charge < -0.3 is 29.9 Å². The standard InChI is InChI=1S/C14H18O7/c1-6-3-8(7(2)16)10(4-9(6)17)20-14-13(19)12(18)11(5-15)21-14/h3-4,11-15,17-19H,5H2,1-2H3/t11-,12-,13-,14+/m1/s1. The van der Waals surface area contributed by atoms with Crippen molar-refractivity contribution in [2.24, 2.45) is 0 Å². The van der Waals surface area contributed by atoms with E-state index in [4.69, 9.17) is 14.6 Å². The van der Waals surface area contributed by atoms with Crippen LogP contribution in [0.4, 0.5) is 0 Å². The van der Waals surface area contributed by atoms with Gasteiger partial charge in [0.15, 0.2) is 5.78 Å². The van der Waals surface area contributed by atoms with Gasteiger partial charge in [0.2, 0.25) is 6.29 Å². The molecule has 4 atom stereocenters. The maximum absolute atomic E-state index is 11.6. The van der Waals surface area contributed by atoms with Crippen LogP contribution in [0.3, 0.4) is 0 Å². The fraction of sp³-hybridized carbons (Fsp3) is 0.500. The Bertz CT molecular complexity index is 542. The predicted molar refractivity (Wildman–Crippen MR) is 71.2 cm³/mol. The Morgan fingerprint density at radius 1 is 1.33 bits per heavy atom. The van der Waals surface area contributed by atoms with Gasteiger partial charge in [-0.25, -0.2) is 0 Å². The molecule has 7 heteroatoms. The van der Waals surface area contributed by atoms with Gasteiger partial charge in [0.05, 0.1) is 12.2 Å². The smallest absolute Gasteiger partial charge is 0.229 e. The van der Waals surface area contributed by atoms with E-state index in [2.05, 4.69) is 0 Å². The van der Waals surface area contributed by atoms with E-state index in [1.165, 1.54) is 19.1 Å². The van der Waals surface area contributed by atoms with E-state index in [0.717, 1.165) is 0 Å². The lowest BCUT2D eigenvalue weighted by Gasteiger charge is -2.19. The summed E-state index contributed by atoms with van der Waals surface area (Å²) in [6.45, 7) is 2.50. The SMILES string of the molecule is CC(=O)c1cc(C)c(O)cc1O[C@H]1O[C@H](CO)[C@@H](O)[C@H]1O. The fourth-order valence-corrected chi connectivity index (χ4v) is 2.14. The van der Waals surface area contributed by atoms with E-state index in [1.807, 2.05) is 0 Å². The van der Waals surface area contributed by atoms with Gasteiger partial charge in [-0.2, -0.15) is 0 Å². The number of aromatic hydroxyl groups is 1. The number of aliphatic hydroxyl groups excluding tert-OH is 3. The summed E-state index contributed by atoms with van der Waals surface area (Å²) < 4.78 is 10.6.